The predicted octanol–water partition coefficient (Wildman–Crippen LogP) is 7.24. The van der Waals surface area contributed by atoms with Gasteiger partial charge in [0.2, 0.25) is 0 Å². The zero-order valence-electron chi connectivity index (χ0n) is 20.4. The van der Waals surface area contributed by atoms with Crippen molar-refractivity contribution >= 4 is 39.3 Å². The standard InChI is InChI=1S/C30H26BrN3O2/c1-20-17-24(18-29-21(2)32-34(30(29)35)27-7-5-4-6-8-27)22(3)33(20)26-13-15-28(16-14-26)36-19-23-9-11-25(31)12-10-23/h4-18H,19H2,1-3H3/b29-18+. The molecule has 0 saturated carbocycles. The van der Waals surface area contributed by atoms with Crippen LogP contribution in [0, 0.1) is 13.8 Å². The van der Waals surface area contributed by atoms with Gasteiger partial charge in [-0.2, -0.15) is 10.1 Å². The van der Waals surface area contributed by atoms with Crippen molar-refractivity contribution in [3.05, 3.63) is 117 Å². The first-order valence-corrected chi connectivity index (χ1v) is 12.5. The van der Waals surface area contributed by atoms with Crippen molar-refractivity contribution in [3.8, 4) is 11.4 Å². The maximum Gasteiger partial charge on any atom is 0.280 e. The molecule has 3 aromatic carbocycles. The highest BCUT2D eigenvalue weighted by atomic mass is 79.9. The molecule has 2 heterocycles. The molecule has 1 aliphatic heterocycles. The van der Waals surface area contributed by atoms with Crippen LogP contribution in [0.3, 0.4) is 0 Å². The van der Waals surface area contributed by atoms with E-state index in [1.54, 1.807) is 0 Å². The summed E-state index contributed by atoms with van der Waals surface area (Å²) in [6.45, 7) is 6.53. The van der Waals surface area contributed by atoms with Crippen LogP contribution in [0.15, 0.2) is 100 Å². The molecule has 36 heavy (non-hydrogen) atoms. The Hall–Kier alpha value is -3.90. The molecule has 0 aliphatic carbocycles. The number of amides is 1. The Morgan fingerprint density at radius 1 is 0.889 bits per heavy atom. The highest BCUT2D eigenvalue weighted by Gasteiger charge is 2.29. The molecule has 1 aromatic heterocycles. The van der Waals surface area contributed by atoms with E-state index < -0.39 is 0 Å². The van der Waals surface area contributed by atoms with E-state index in [1.807, 2.05) is 79.7 Å². The van der Waals surface area contributed by atoms with Crippen molar-refractivity contribution in [1.29, 1.82) is 0 Å². The minimum atomic E-state index is -0.115. The summed E-state index contributed by atoms with van der Waals surface area (Å²) >= 11 is 3.46. The van der Waals surface area contributed by atoms with Gasteiger partial charge in [0.1, 0.15) is 12.4 Å². The first kappa shape index (κ1) is 23.8. The number of halogens is 1. The molecule has 4 aromatic rings. The molecule has 0 fully saturated rings. The fourth-order valence-corrected chi connectivity index (χ4v) is 4.62. The zero-order valence-corrected chi connectivity index (χ0v) is 22.0. The number of hydrazone groups is 1. The average Bonchev–Trinajstić information content (AvgIpc) is 3.33. The third kappa shape index (κ3) is 4.77. The highest BCUT2D eigenvalue weighted by Crippen LogP contribution is 2.28. The van der Waals surface area contributed by atoms with Crippen molar-refractivity contribution < 1.29 is 9.53 Å². The second-order valence-corrected chi connectivity index (χ2v) is 9.68. The van der Waals surface area contributed by atoms with E-state index in [-0.39, 0.29) is 5.91 Å². The number of hydrogen-bond acceptors (Lipinski definition) is 3. The molecule has 0 N–H and O–H groups in total. The van der Waals surface area contributed by atoms with Crippen LogP contribution in [0.5, 0.6) is 5.75 Å². The zero-order chi connectivity index (χ0) is 25.2. The van der Waals surface area contributed by atoms with Crippen molar-refractivity contribution in [2.45, 2.75) is 27.4 Å². The number of rotatable bonds is 6. The Kier molecular flexibility index (Phi) is 6.61. The van der Waals surface area contributed by atoms with Crippen molar-refractivity contribution in [1.82, 2.24) is 4.57 Å². The average molecular weight is 540 g/mol. The molecular weight excluding hydrogens is 514 g/mol. The third-order valence-electron chi connectivity index (χ3n) is 6.25. The molecule has 0 radical (unpaired) electrons. The largest absolute Gasteiger partial charge is 0.489 e. The lowest BCUT2D eigenvalue weighted by Crippen LogP contribution is -2.21. The van der Waals surface area contributed by atoms with Gasteiger partial charge in [0.25, 0.3) is 5.91 Å². The molecule has 6 heteroatoms. The minimum Gasteiger partial charge on any atom is -0.489 e. The normalized spacial score (nSPS) is 14.4. The number of aryl methyl sites for hydroxylation is 1. The maximum absolute atomic E-state index is 13.1. The monoisotopic (exact) mass is 539 g/mol. The van der Waals surface area contributed by atoms with Crippen LogP contribution in [0.25, 0.3) is 11.8 Å². The van der Waals surface area contributed by atoms with Gasteiger partial charge in [-0.05, 0) is 92.6 Å². The molecule has 0 atom stereocenters. The van der Waals surface area contributed by atoms with Gasteiger partial charge >= 0.3 is 0 Å². The van der Waals surface area contributed by atoms with Gasteiger partial charge < -0.3 is 9.30 Å². The summed E-state index contributed by atoms with van der Waals surface area (Å²) in [5.74, 6) is 0.701. The fraction of sp³-hybridized carbons (Fsp3) is 0.133. The van der Waals surface area contributed by atoms with Gasteiger partial charge in [-0.1, -0.05) is 46.3 Å². The van der Waals surface area contributed by atoms with Gasteiger partial charge in [-0.3, -0.25) is 4.79 Å². The van der Waals surface area contributed by atoms with Gasteiger partial charge in [-0.25, -0.2) is 0 Å². The highest BCUT2D eigenvalue weighted by molar-refractivity contribution is 9.10. The Morgan fingerprint density at radius 3 is 2.28 bits per heavy atom. The smallest absolute Gasteiger partial charge is 0.280 e. The molecule has 0 saturated heterocycles. The van der Waals surface area contributed by atoms with Crippen molar-refractivity contribution in [3.63, 3.8) is 0 Å². The molecule has 5 rings (SSSR count). The Balaban J connectivity index is 1.36. The second-order valence-electron chi connectivity index (χ2n) is 8.77. The van der Waals surface area contributed by atoms with Crippen LogP contribution in [0.2, 0.25) is 0 Å². The molecule has 5 nitrogen and oxygen atoms in total. The van der Waals surface area contributed by atoms with E-state index >= 15 is 0 Å². The molecule has 1 aliphatic rings. The molecule has 0 unspecified atom stereocenters. The lowest BCUT2D eigenvalue weighted by Gasteiger charge is -2.12. The lowest BCUT2D eigenvalue weighted by atomic mass is 10.1. The van der Waals surface area contributed by atoms with Crippen LogP contribution in [0.1, 0.15) is 29.4 Å². The number of ether oxygens (including phenoxy) is 1. The molecule has 1 amide bonds. The number of anilines is 1. The Bertz CT molecular complexity index is 1470. The first-order chi connectivity index (χ1) is 17.4. The summed E-state index contributed by atoms with van der Waals surface area (Å²) < 4.78 is 9.20. The van der Waals surface area contributed by atoms with Gasteiger partial charge in [0.15, 0.2) is 0 Å². The molecule has 0 spiro atoms. The number of benzene rings is 3. The summed E-state index contributed by atoms with van der Waals surface area (Å²) in [7, 11) is 0. The maximum atomic E-state index is 13.1. The number of nitrogens with zero attached hydrogens (tertiary/aromatic N) is 3. The number of aromatic nitrogens is 1. The topological polar surface area (TPSA) is 46.8 Å². The quantitative estimate of drug-likeness (QED) is 0.242. The summed E-state index contributed by atoms with van der Waals surface area (Å²) in [4.78, 5) is 13.1. The Labute approximate surface area is 219 Å². The van der Waals surface area contributed by atoms with E-state index in [0.717, 1.165) is 44.1 Å². The first-order valence-electron chi connectivity index (χ1n) is 11.7. The van der Waals surface area contributed by atoms with Crippen LogP contribution in [0.4, 0.5) is 5.69 Å². The summed E-state index contributed by atoms with van der Waals surface area (Å²) in [6.07, 6.45) is 1.94. The summed E-state index contributed by atoms with van der Waals surface area (Å²) in [6, 6.07) is 27.8. The SMILES string of the molecule is CC1=NN(c2ccccc2)C(=O)/C1=C/c1cc(C)n(-c2ccc(OCc3ccc(Br)cc3)cc2)c1C. The predicted molar refractivity (Wildman–Crippen MR) is 149 cm³/mol. The summed E-state index contributed by atoms with van der Waals surface area (Å²) in [5, 5.41) is 5.96. The van der Waals surface area contributed by atoms with Gasteiger partial charge in [0, 0.05) is 21.5 Å². The third-order valence-corrected chi connectivity index (χ3v) is 6.78. The van der Waals surface area contributed by atoms with E-state index in [9.17, 15) is 4.79 Å². The van der Waals surface area contributed by atoms with Gasteiger partial charge in [0.05, 0.1) is 17.0 Å². The van der Waals surface area contributed by atoms with Crippen LogP contribution >= 0.6 is 15.9 Å². The van der Waals surface area contributed by atoms with Crippen LogP contribution in [-0.4, -0.2) is 16.2 Å². The van der Waals surface area contributed by atoms with E-state index in [4.69, 9.17) is 4.74 Å². The van der Waals surface area contributed by atoms with Gasteiger partial charge in [-0.15, -0.1) is 0 Å². The summed E-state index contributed by atoms with van der Waals surface area (Å²) in [5.41, 5.74) is 7.37. The number of para-hydroxylation sites is 1. The molecule has 180 valence electrons. The van der Waals surface area contributed by atoms with Crippen LogP contribution in [-0.2, 0) is 11.4 Å². The van der Waals surface area contributed by atoms with Crippen molar-refractivity contribution in [2.75, 3.05) is 5.01 Å². The number of hydrogen-bond donors (Lipinski definition) is 0. The van der Waals surface area contributed by atoms with Crippen LogP contribution < -0.4 is 9.75 Å². The molecular formula is C30H26BrN3O2. The minimum absolute atomic E-state index is 0.115. The lowest BCUT2D eigenvalue weighted by molar-refractivity contribution is -0.114. The Morgan fingerprint density at radius 2 is 1.58 bits per heavy atom. The number of carbonyl (C=O) groups excluding carboxylic acids is 1. The van der Waals surface area contributed by atoms with E-state index in [0.29, 0.717) is 17.9 Å². The van der Waals surface area contributed by atoms with E-state index in [1.165, 1.54) is 5.01 Å². The fourth-order valence-electron chi connectivity index (χ4n) is 4.35. The number of carbonyl (C=O) groups is 1. The second kappa shape index (κ2) is 9.99. The van der Waals surface area contributed by atoms with E-state index in [2.05, 4.69) is 57.6 Å². The molecule has 0 bridgehead atoms. The van der Waals surface area contributed by atoms with Crippen molar-refractivity contribution in [2.24, 2.45) is 5.10 Å².